The summed E-state index contributed by atoms with van der Waals surface area (Å²) in [5.74, 6) is 1.43. The van der Waals surface area contributed by atoms with Crippen molar-refractivity contribution in [3.05, 3.63) is 34.0 Å². The highest BCUT2D eigenvalue weighted by atomic mass is 16.3. The molecule has 0 bridgehead atoms. The van der Waals surface area contributed by atoms with Crippen LogP contribution in [0.2, 0.25) is 0 Å². The third-order valence-electron chi connectivity index (χ3n) is 2.51. The number of aromatic amines is 1. The zero-order valence-corrected chi connectivity index (χ0v) is 9.20. The summed E-state index contributed by atoms with van der Waals surface area (Å²) in [5.41, 5.74) is 6.81. The summed E-state index contributed by atoms with van der Waals surface area (Å²) < 4.78 is 5.15. The van der Waals surface area contributed by atoms with Crippen molar-refractivity contribution >= 4 is 5.82 Å². The van der Waals surface area contributed by atoms with Crippen molar-refractivity contribution in [1.82, 2.24) is 9.97 Å². The predicted octanol–water partition coefficient (Wildman–Crippen LogP) is 1.48. The number of H-pyrrole nitrogens is 1. The second-order valence-electron chi connectivity index (χ2n) is 3.52. The van der Waals surface area contributed by atoms with Gasteiger partial charge in [-0.15, -0.1) is 0 Å². The molecule has 0 aliphatic carbocycles. The molecule has 0 aromatic carbocycles. The lowest BCUT2D eigenvalue weighted by Crippen LogP contribution is -2.17. The molecule has 2 aromatic rings. The molecule has 5 heteroatoms. The van der Waals surface area contributed by atoms with Crippen molar-refractivity contribution in [3.8, 4) is 11.4 Å². The molecule has 2 aromatic heterocycles. The maximum Gasteiger partial charge on any atom is 0.256 e. The molecule has 0 aliphatic heterocycles. The van der Waals surface area contributed by atoms with Crippen molar-refractivity contribution < 1.29 is 4.42 Å². The molecule has 0 amide bonds. The van der Waals surface area contributed by atoms with Crippen LogP contribution in [0.4, 0.5) is 5.82 Å². The van der Waals surface area contributed by atoms with Crippen molar-refractivity contribution in [2.75, 3.05) is 5.73 Å². The summed E-state index contributed by atoms with van der Waals surface area (Å²) in [7, 11) is 0. The van der Waals surface area contributed by atoms with E-state index in [1.807, 2.05) is 6.92 Å². The van der Waals surface area contributed by atoms with Crippen LogP contribution in [0.1, 0.15) is 18.2 Å². The Hall–Kier alpha value is -2.04. The summed E-state index contributed by atoms with van der Waals surface area (Å²) >= 11 is 0. The number of nitrogens with zero attached hydrogens (tertiary/aromatic N) is 1. The minimum absolute atomic E-state index is 0.189. The molecular weight excluding hydrogens is 206 g/mol. The van der Waals surface area contributed by atoms with Gasteiger partial charge in [0, 0.05) is 0 Å². The Labute approximate surface area is 92.3 Å². The van der Waals surface area contributed by atoms with Gasteiger partial charge in [-0.2, -0.15) is 0 Å². The first kappa shape index (κ1) is 10.5. The lowest BCUT2D eigenvalue weighted by atomic mass is 10.2. The summed E-state index contributed by atoms with van der Waals surface area (Å²) in [6, 6.07) is 1.75. The second kappa shape index (κ2) is 3.84. The Morgan fingerprint density at radius 1 is 1.56 bits per heavy atom. The largest absolute Gasteiger partial charge is 0.469 e. The number of hydrogen-bond acceptors (Lipinski definition) is 4. The Morgan fingerprint density at radius 2 is 2.31 bits per heavy atom. The molecule has 2 rings (SSSR count). The van der Waals surface area contributed by atoms with E-state index < -0.39 is 0 Å². The van der Waals surface area contributed by atoms with Crippen LogP contribution in [-0.4, -0.2) is 9.97 Å². The van der Waals surface area contributed by atoms with Gasteiger partial charge in [-0.05, 0) is 19.4 Å². The van der Waals surface area contributed by atoms with Crippen LogP contribution < -0.4 is 11.3 Å². The van der Waals surface area contributed by atoms with Gasteiger partial charge < -0.3 is 15.1 Å². The number of anilines is 1. The van der Waals surface area contributed by atoms with Crippen LogP contribution in [0.15, 0.2) is 21.5 Å². The van der Waals surface area contributed by atoms with E-state index in [2.05, 4.69) is 9.97 Å². The molecule has 16 heavy (non-hydrogen) atoms. The average molecular weight is 219 g/mol. The number of nitrogens with two attached hydrogens (primary N) is 1. The molecule has 0 fully saturated rings. The molecule has 0 radical (unpaired) electrons. The van der Waals surface area contributed by atoms with Crippen LogP contribution in [0, 0.1) is 6.92 Å². The van der Waals surface area contributed by atoms with Crippen LogP contribution in [0.25, 0.3) is 11.4 Å². The fraction of sp³-hybridized carbons (Fsp3) is 0.273. The molecular formula is C11H13N3O2. The quantitative estimate of drug-likeness (QED) is 0.801. The monoisotopic (exact) mass is 219 g/mol. The predicted molar refractivity (Wildman–Crippen MR) is 61.1 cm³/mol. The van der Waals surface area contributed by atoms with Gasteiger partial charge in [0.15, 0.2) is 0 Å². The normalized spacial score (nSPS) is 10.6. The maximum atomic E-state index is 11.7. The van der Waals surface area contributed by atoms with E-state index in [1.165, 1.54) is 0 Å². The first-order valence-electron chi connectivity index (χ1n) is 5.06. The van der Waals surface area contributed by atoms with Gasteiger partial charge in [-0.1, -0.05) is 6.92 Å². The van der Waals surface area contributed by atoms with E-state index in [-0.39, 0.29) is 11.4 Å². The highest BCUT2D eigenvalue weighted by Gasteiger charge is 2.11. The maximum absolute atomic E-state index is 11.7. The fourth-order valence-electron chi connectivity index (χ4n) is 1.62. The lowest BCUT2D eigenvalue weighted by Gasteiger charge is -2.04. The third kappa shape index (κ3) is 1.60. The van der Waals surface area contributed by atoms with Crippen LogP contribution in [-0.2, 0) is 6.42 Å². The zero-order valence-electron chi connectivity index (χ0n) is 9.20. The van der Waals surface area contributed by atoms with E-state index in [0.717, 1.165) is 5.56 Å². The van der Waals surface area contributed by atoms with E-state index in [0.29, 0.717) is 23.6 Å². The molecule has 0 aliphatic rings. The Kier molecular flexibility index (Phi) is 2.52. The van der Waals surface area contributed by atoms with Crippen molar-refractivity contribution in [1.29, 1.82) is 0 Å². The fourth-order valence-corrected chi connectivity index (χ4v) is 1.62. The molecule has 84 valence electrons. The second-order valence-corrected chi connectivity index (χ2v) is 3.52. The van der Waals surface area contributed by atoms with E-state index in [1.54, 1.807) is 19.3 Å². The van der Waals surface area contributed by atoms with Gasteiger partial charge in [0.25, 0.3) is 5.56 Å². The van der Waals surface area contributed by atoms with Crippen molar-refractivity contribution in [2.24, 2.45) is 0 Å². The van der Waals surface area contributed by atoms with Crippen LogP contribution >= 0.6 is 0 Å². The molecule has 5 nitrogen and oxygen atoms in total. The third-order valence-corrected chi connectivity index (χ3v) is 2.51. The van der Waals surface area contributed by atoms with Crippen LogP contribution in [0.3, 0.4) is 0 Å². The Bertz CT molecular complexity index is 569. The Morgan fingerprint density at radius 3 is 2.81 bits per heavy atom. The van der Waals surface area contributed by atoms with Gasteiger partial charge >= 0.3 is 0 Å². The highest BCUT2D eigenvalue weighted by molar-refractivity contribution is 5.59. The van der Waals surface area contributed by atoms with Crippen LogP contribution in [0.5, 0.6) is 0 Å². The number of aryl methyl sites for hydroxylation is 1. The van der Waals surface area contributed by atoms with Gasteiger partial charge in [-0.25, -0.2) is 4.98 Å². The molecule has 0 unspecified atom stereocenters. The number of nitrogen functional groups attached to an aromatic ring is 1. The standard InChI is InChI=1S/C11H13N3O2/c1-3-7-9(12)13-10(14-11(7)15)8-4-5-16-6(8)2/h4-5H,3H2,1-2H3,(H3,12,13,14,15). The van der Waals surface area contributed by atoms with E-state index in [9.17, 15) is 4.79 Å². The first-order chi connectivity index (χ1) is 7.63. The SMILES string of the molecule is CCc1c(N)nc(-c2ccoc2C)[nH]c1=O. The van der Waals surface area contributed by atoms with Gasteiger partial charge in [-0.3, -0.25) is 4.79 Å². The number of rotatable bonds is 2. The first-order valence-corrected chi connectivity index (χ1v) is 5.06. The number of aromatic nitrogens is 2. The zero-order chi connectivity index (χ0) is 11.7. The average Bonchev–Trinajstić information content (AvgIpc) is 2.64. The molecule has 2 heterocycles. The number of nitrogens with one attached hydrogen (secondary N) is 1. The molecule has 0 saturated carbocycles. The molecule has 0 spiro atoms. The van der Waals surface area contributed by atoms with E-state index in [4.69, 9.17) is 10.2 Å². The summed E-state index contributed by atoms with van der Waals surface area (Å²) in [5, 5.41) is 0. The summed E-state index contributed by atoms with van der Waals surface area (Å²) in [6.07, 6.45) is 2.12. The lowest BCUT2D eigenvalue weighted by molar-refractivity contribution is 0.535. The van der Waals surface area contributed by atoms with Gasteiger partial charge in [0.2, 0.25) is 0 Å². The smallest absolute Gasteiger partial charge is 0.256 e. The number of hydrogen-bond donors (Lipinski definition) is 2. The minimum atomic E-state index is -0.189. The van der Waals surface area contributed by atoms with Gasteiger partial charge in [0.05, 0.1) is 17.4 Å². The summed E-state index contributed by atoms with van der Waals surface area (Å²) in [4.78, 5) is 18.6. The van der Waals surface area contributed by atoms with Crippen molar-refractivity contribution in [2.45, 2.75) is 20.3 Å². The number of furan rings is 1. The molecule has 3 N–H and O–H groups in total. The molecule has 0 atom stereocenters. The topological polar surface area (TPSA) is 84.9 Å². The van der Waals surface area contributed by atoms with Gasteiger partial charge in [0.1, 0.15) is 17.4 Å². The Balaban J connectivity index is 2.61. The van der Waals surface area contributed by atoms with E-state index >= 15 is 0 Å². The summed E-state index contributed by atoms with van der Waals surface area (Å²) in [6.45, 7) is 3.67. The molecule has 0 saturated heterocycles. The minimum Gasteiger partial charge on any atom is -0.469 e. The highest BCUT2D eigenvalue weighted by Crippen LogP contribution is 2.20. The van der Waals surface area contributed by atoms with Crippen molar-refractivity contribution in [3.63, 3.8) is 0 Å².